The summed E-state index contributed by atoms with van der Waals surface area (Å²) in [6.07, 6.45) is 3.74. The lowest BCUT2D eigenvalue weighted by Gasteiger charge is -2.20. The minimum atomic E-state index is 0.762. The molecule has 0 spiro atoms. The summed E-state index contributed by atoms with van der Waals surface area (Å²) >= 11 is 0. The van der Waals surface area contributed by atoms with Crippen LogP contribution in [0, 0.1) is 18.8 Å². The molecule has 0 saturated carbocycles. The van der Waals surface area contributed by atoms with E-state index >= 15 is 0 Å². The van der Waals surface area contributed by atoms with Gasteiger partial charge in [0.05, 0.1) is 0 Å². The van der Waals surface area contributed by atoms with Crippen molar-refractivity contribution in [3.8, 4) is 0 Å². The fraction of sp³-hybridized carbons (Fsp3) is 0.647. The lowest BCUT2D eigenvalue weighted by molar-refractivity contribution is 0.385. The molecule has 0 aliphatic carbocycles. The summed E-state index contributed by atoms with van der Waals surface area (Å²) in [5, 5.41) is 3.58. The molecule has 1 N–H and O–H groups in total. The maximum Gasteiger partial charge on any atom is -0.00172 e. The van der Waals surface area contributed by atoms with Crippen molar-refractivity contribution < 1.29 is 0 Å². The molecule has 0 saturated heterocycles. The fourth-order valence-electron chi connectivity index (χ4n) is 2.56. The van der Waals surface area contributed by atoms with Crippen LogP contribution in [0.1, 0.15) is 44.7 Å². The molecule has 0 heterocycles. The molecule has 0 bridgehead atoms. The summed E-state index contributed by atoms with van der Waals surface area (Å²) in [7, 11) is 0. The maximum atomic E-state index is 3.58. The summed E-state index contributed by atoms with van der Waals surface area (Å²) in [4.78, 5) is 0. The second-order valence-electron chi connectivity index (χ2n) is 5.89. The zero-order chi connectivity index (χ0) is 13.4. The van der Waals surface area contributed by atoms with Crippen molar-refractivity contribution in [3.05, 3.63) is 35.4 Å². The molecule has 1 nitrogen and oxygen atoms in total. The smallest absolute Gasteiger partial charge is 0.00172 e. The third-order valence-corrected chi connectivity index (χ3v) is 3.27. The first kappa shape index (κ1) is 15.2. The number of hydrogen-bond donors (Lipinski definition) is 1. The van der Waals surface area contributed by atoms with E-state index in [1.54, 1.807) is 0 Å². The highest BCUT2D eigenvalue weighted by atomic mass is 14.8. The minimum absolute atomic E-state index is 0.762. The fourth-order valence-corrected chi connectivity index (χ4v) is 2.56. The minimum Gasteiger partial charge on any atom is -0.316 e. The van der Waals surface area contributed by atoms with Gasteiger partial charge in [-0.1, -0.05) is 50.6 Å². The Labute approximate surface area is 113 Å². The summed E-state index contributed by atoms with van der Waals surface area (Å²) in [5.41, 5.74) is 2.86. The Morgan fingerprint density at radius 2 is 2.00 bits per heavy atom. The van der Waals surface area contributed by atoms with Gasteiger partial charge in [0.2, 0.25) is 0 Å². The van der Waals surface area contributed by atoms with E-state index in [1.165, 1.54) is 30.4 Å². The Kier molecular flexibility index (Phi) is 7.04. The lowest BCUT2D eigenvalue weighted by Crippen LogP contribution is -2.26. The van der Waals surface area contributed by atoms with E-state index in [-0.39, 0.29) is 0 Å². The van der Waals surface area contributed by atoms with Gasteiger partial charge in [0.25, 0.3) is 0 Å². The number of nitrogens with one attached hydrogen (secondary N) is 1. The molecule has 1 atom stereocenters. The number of benzene rings is 1. The molecular weight excluding hydrogens is 218 g/mol. The summed E-state index contributed by atoms with van der Waals surface area (Å²) in [6, 6.07) is 8.94. The first-order chi connectivity index (χ1) is 8.61. The Bertz CT molecular complexity index is 330. The highest BCUT2D eigenvalue weighted by Gasteiger charge is 2.11. The topological polar surface area (TPSA) is 12.0 Å². The normalized spacial score (nSPS) is 12.9. The van der Waals surface area contributed by atoms with Gasteiger partial charge in [-0.3, -0.25) is 0 Å². The predicted molar refractivity (Wildman–Crippen MR) is 81.0 cm³/mol. The lowest BCUT2D eigenvalue weighted by atomic mass is 9.90. The quantitative estimate of drug-likeness (QED) is 0.679. The van der Waals surface area contributed by atoms with E-state index in [2.05, 4.69) is 57.3 Å². The van der Waals surface area contributed by atoms with Crippen LogP contribution in [0.2, 0.25) is 0 Å². The van der Waals surface area contributed by atoms with Gasteiger partial charge >= 0.3 is 0 Å². The van der Waals surface area contributed by atoms with E-state index in [1.807, 2.05) is 0 Å². The van der Waals surface area contributed by atoms with Crippen LogP contribution >= 0.6 is 0 Å². The van der Waals surface area contributed by atoms with Crippen LogP contribution in [0.5, 0.6) is 0 Å². The molecule has 0 aliphatic heterocycles. The van der Waals surface area contributed by atoms with Crippen molar-refractivity contribution in [2.45, 2.75) is 47.0 Å². The molecule has 1 aromatic carbocycles. The predicted octanol–water partition coefficient (Wildman–Crippen LogP) is 4.20. The molecule has 1 rings (SSSR count). The molecule has 1 heteroatoms. The first-order valence-corrected chi connectivity index (χ1v) is 7.38. The first-order valence-electron chi connectivity index (χ1n) is 7.38. The van der Waals surface area contributed by atoms with E-state index in [0.717, 1.165) is 24.9 Å². The van der Waals surface area contributed by atoms with Crippen LogP contribution in [-0.4, -0.2) is 13.1 Å². The van der Waals surface area contributed by atoms with Crippen molar-refractivity contribution in [1.82, 2.24) is 5.32 Å². The Hall–Kier alpha value is -0.820. The van der Waals surface area contributed by atoms with Crippen LogP contribution < -0.4 is 5.32 Å². The molecule has 0 amide bonds. The molecule has 0 aliphatic rings. The Morgan fingerprint density at radius 1 is 1.22 bits per heavy atom. The van der Waals surface area contributed by atoms with Gasteiger partial charge in [-0.25, -0.2) is 0 Å². The molecule has 1 aromatic rings. The van der Waals surface area contributed by atoms with Crippen molar-refractivity contribution in [1.29, 1.82) is 0 Å². The molecule has 1 unspecified atom stereocenters. The van der Waals surface area contributed by atoms with Gasteiger partial charge in [0.15, 0.2) is 0 Å². The van der Waals surface area contributed by atoms with Crippen molar-refractivity contribution in [2.75, 3.05) is 13.1 Å². The highest BCUT2D eigenvalue weighted by Crippen LogP contribution is 2.17. The van der Waals surface area contributed by atoms with E-state index in [9.17, 15) is 0 Å². The molecule has 0 radical (unpaired) electrons. The average Bonchev–Trinajstić information content (AvgIpc) is 2.28. The SMILES string of the molecule is CCCNCC(Cc1cccc(C)c1)CC(C)C. The maximum absolute atomic E-state index is 3.58. The molecular formula is C17H29N. The number of hydrogen-bond acceptors (Lipinski definition) is 1. The van der Waals surface area contributed by atoms with Crippen LogP contribution in [0.4, 0.5) is 0 Å². The zero-order valence-electron chi connectivity index (χ0n) is 12.5. The molecule has 0 fully saturated rings. The van der Waals surface area contributed by atoms with E-state index < -0.39 is 0 Å². The van der Waals surface area contributed by atoms with Gasteiger partial charge < -0.3 is 5.32 Å². The van der Waals surface area contributed by atoms with Crippen molar-refractivity contribution in [2.24, 2.45) is 11.8 Å². The monoisotopic (exact) mass is 247 g/mol. The average molecular weight is 247 g/mol. The largest absolute Gasteiger partial charge is 0.316 e. The van der Waals surface area contributed by atoms with Gasteiger partial charge in [0, 0.05) is 0 Å². The van der Waals surface area contributed by atoms with E-state index in [0.29, 0.717) is 0 Å². The van der Waals surface area contributed by atoms with Gasteiger partial charge in [-0.05, 0) is 56.7 Å². The standard InChI is InChI=1S/C17H29N/c1-5-9-18-13-17(10-14(2)3)12-16-8-6-7-15(4)11-16/h6-8,11,14,17-18H,5,9-10,12-13H2,1-4H3. The van der Waals surface area contributed by atoms with Gasteiger partial charge in [-0.2, -0.15) is 0 Å². The summed E-state index contributed by atoms with van der Waals surface area (Å²) in [6.45, 7) is 11.3. The van der Waals surface area contributed by atoms with Crippen LogP contribution in [0.15, 0.2) is 24.3 Å². The number of aryl methyl sites for hydroxylation is 1. The van der Waals surface area contributed by atoms with E-state index in [4.69, 9.17) is 0 Å². The molecule has 0 aromatic heterocycles. The Morgan fingerprint density at radius 3 is 2.61 bits per heavy atom. The second-order valence-corrected chi connectivity index (χ2v) is 5.89. The second kappa shape index (κ2) is 8.31. The van der Waals surface area contributed by atoms with Crippen molar-refractivity contribution >= 4 is 0 Å². The third-order valence-electron chi connectivity index (χ3n) is 3.27. The summed E-state index contributed by atoms with van der Waals surface area (Å²) in [5.74, 6) is 1.54. The van der Waals surface area contributed by atoms with Crippen LogP contribution in [0.25, 0.3) is 0 Å². The van der Waals surface area contributed by atoms with Crippen LogP contribution in [-0.2, 0) is 6.42 Å². The van der Waals surface area contributed by atoms with Gasteiger partial charge in [-0.15, -0.1) is 0 Å². The zero-order valence-corrected chi connectivity index (χ0v) is 12.5. The molecule has 18 heavy (non-hydrogen) atoms. The molecule has 102 valence electrons. The summed E-state index contributed by atoms with van der Waals surface area (Å²) < 4.78 is 0. The van der Waals surface area contributed by atoms with Gasteiger partial charge in [0.1, 0.15) is 0 Å². The highest BCUT2D eigenvalue weighted by molar-refractivity contribution is 5.22. The van der Waals surface area contributed by atoms with Crippen LogP contribution in [0.3, 0.4) is 0 Å². The third kappa shape index (κ3) is 6.20. The van der Waals surface area contributed by atoms with Crippen molar-refractivity contribution in [3.63, 3.8) is 0 Å². The number of rotatable bonds is 8. The Balaban J connectivity index is 2.53.